The van der Waals surface area contributed by atoms with Crippen LogP contribution in [0.25, 0.3) is 0 Å². The summed E-state index contributed by atoms with van der Waals surface area (Å²) in [7, 11) is -1.71. The Morgan fingerprint density at radius 1 is 1.12 bits per heavy atom. The summed E-state index contributed by atoms with van der Waals surface area (Å²) in [6.07, 6.45) is 0. The van der Waals surface area contributed by atoms with Gasteiger partial charge in [-0.05, 0) is 35.7 Å². The van der Waals surface area contributed by atoms with Crippen LogP contribution in [0.2, 0.25) is 0 Å². The number of anilines is 2. The molecule has 3 rings (SSSR count). The summed E-state index contributed by atoms with van der Waals surface area (Å²) in [5.74, 6) is 0.863. The Morgan fingerprint density at radius 2 is 1.88 bits per heavy atom. The van der Waals surface area contributed by atoms with Gasteiger partial charge in [-0.1, -0.05) is 38.1 Å². The molecule has 0 radical (unpaired) electrons. The predicted molar refractivity (Wildman–Crippen MR) is 98.5 cm³/mol. The molecular formula is C18H21N3O2S. The van der Waals surface area contributed by atoms with E-state index in [-0.39, 0.29) is 4.90 Å². The molecule has 1 heterocycles. The van der Waals surface area contributed by atoms with Gasteiger partial charge in [-0.15, -0.1) is 4.40 Å². The lowest BCUT2D eigenvalue weighted by molar-refractivity contribution is 0.597. The molecule has 1 aliphatic rings. The van der Waals surface area contributed by atoms with Gasteiger partial charge in [-0.2, -0.15) is 8.42 Å². The fourth-order valence-corrected chi connectivity index (χ4v) is 3.81. The van der Waals surface area contributed by atoms with Gasteiger partial charge < -0.3 is 10.2 Å². The van der Waals surface area contributed by atoms with Crippen LogP contribution < -0.4 is 10.2 Å². The summed E-state index contributed by atoms with van der Waals surface area (Å²) in [6, 6.07) is 15.1. The zero-order valence-corrected chi connectivity index (χ0v) is 14.8. The van der Waals surface area contributed by atoms with Gasteiger partial charge in [0.05, 0.1) is 12.2 Å². The van der Waals surface area contributed by atoms with Crippen molar-refractivity contribution in [3.8, 4) is 0 Å². The molecule has 0 aliphatic carbocycles. The van der Waals surface area contributed by atoms with Gasteiger partial charge in [0.1, 0.15) is 10.7 Å². The van der Waals surface area contributed by atoms with Gasteiger partial charge >= 0.3 is 0 Å². The number of nitrogens with one attached hydrogen (secondary N) is 1. The summed E-state index contributed by atoms with van der Waals surface area (Å²) < 4.78 is 28.5. The molecule has 0 spiro atoms. The van der Waals surface area contributed by atoms with Crippen molar-refractivity contribution in [1.29, 1.82) is 0 Å². The molecule has 2 aromatic rings. The Hall–Kier alpha value is -2.34. The maximum Gasteiger partial charge on any atom is 0.286 e. The van der Waals surface area contributed by atoms with Crippen LogP contribution in [-0.2, 0) is 10.0 Å². The molecule has 126 valence electrons. The van der Waals surface area contributed by atoms with E-state index in [9.17, 15) is 8.42 Å². The zero-order valence-electron chi connectivity index (χ0n) is 14.0. The van der Waals surface area contributed by atoms with Gasteiger partial charge in [0, 0.05) is 12.7 Å². The van der Waals surface area contributed by atoms with Crippen molar-refractivity contribution in [2.24, 2.45) is 4.40 Å². The molecule has 1 N–H and O–H groups in total. The predicted octanol–water partition coefficient (Wildman–Crippen LogP) is 3.46. The van der Waals surface area contributed by atoms with E-state index in [2.05, 4.69) is 35.7 Å². The van der Waals surface area contributed by atoms with E-state index >= 15 is 0 Å². The summed E-state index contributed by atoms with van der Waals surface area (Å²) in [5.41, 5.74) is 2.85. The van der Waals surface area contributed by atoms with E-state index in [0.29, 0.717) is 24.0 Å². The molecule has 0 bridgehead atoms. The largest absolute Gasteiger partial charge is 0.367 e. The van der Waals surface area contributed by atoms with Crippen molar-refractivity contribution in [2.75, 3.05) is 23.8 Å². The molecule has 24 heavy (non-hydrogen) atoms. The Bertz CT molecular complexity index is 889. The third-order valence-electron chi connectivity index (χ3n) is 4.04. The van der Waals surface area contributed by atoms with Crippen LogP contribution in [0, 0.1) is 0 Å². The number of para-hydroxylation sites is 1. The number of amidine groups is 1. The third kappa shape index (κ3) is 3.28. The number of hydrogen-bond acceptors (Lipinski definition) is 4. The highest BCUT2D eigenvalue weighted by molar-refractivity contribution is 7.90. The Kier molecular flexibility index (Phi) is 4.32. The van der Waals surface area contributed by atoms with E-state index in [1.165, 1.54) is 5.56 Å². The molecule has 6 heteroatoms. The minimum atomic E-state index is -3.64. The lowest BCUT2D eigenvalue weighted by Crippen LogP contribution is -2.33. The normalized spacial score (nSPS) is 15.4. The number of likely N-dealkylation sites (N-methyl/N-ethyl adjacent to an activating group) is 1. The molecule has 0 aromatic heterocycles. The van der Waals surface area contributed by atoms with E-state index < -0.39 is 10.0 Å². The fourth-order valence-electron chi connectivity index (χ4n) is 2.67. The second-order valence-corrected chi connectivity index (χ2v) is 7.81. The Morgan fingerprint density at radius 3 is 2.62 bits per heavy atom. The average Bonchev–Trinajstić information content (AvgIpc) is 2.54. The lowest BCUT2D eigenvalue weighted by Gasteiger charge is -2.24. The second kappa shape index (κ2) is 6.28. The minimum absolute atomic E-state index is 0.221. The number of benzene rings is 2. The summed E-state index contributed by atoms with van der Waals surface area (Å²) >= 11 is 0. The molecule has 0 unspecified atom stereocenters. The van der Waals surface area contributed by atoms with E-state index in [0.717, 1.165) is 5.69 Å². The topological polar surface area (TPSA) is 61.8 Å². The highest BCUT2D eigenvalue weighted by Crippen LogP contribution is 2.27. The van der Waals surface area contributed by atoms with E-state index in [4.69, 9.17) is 0 Å². The van der Waals surface area contributed by atoms with Crippen LogP contribution in [0.1, 0.15) is 25.3 Å². The first-order valence-corrected chi connectivity index (χ1v) is 9.32. The maximum atomic E-state index is 12.3. The maximum absolute atomic E-state index is 12.3. The van der Waals surface area contributed by atoms with Crippen LogP contribution in [0.15, 0.2) is 57.8 Å². The molecular weight excluding hydrogens is 322 g/mol. The van der Waals surface area contributed by atoms with Crippen LogP contribution >= 0.6 is 0 Å². The molecule has 0 atom stereocenters. The Balaban J connectivity index is 1.84. The number of nitrogens with zero attached hydrogens (tertiary/aromatic N) is 2. The van der Waals surface area contributed by atoms with Crippen molar-refractivity contribution < 1.29 is 8.42 Å². The second-order valence-electron chi connectivity index (χ2n) is 6.24. The van der Waals surface area contributed by atoms with Gasteiger partial charge in [-0.3, -0.25) is 0 Å². The number of fused-ring (bicyclic) bond motifs is 1. The average molecular weight is 343 g/mol. The first-order valence-electron chi connectivity index (χ1n) is 7.88. The summed E-state index contributed by atoms with van der Waals surface area (Å²) in [4.78, 5) is 2.21. The van der Waals surface area contributed by atoms with Crippen molar-refractivity contribution >= 4 is 27.2 Å². The Labute approximate surface area is 143 Å². The molecule has 0 saturated heterocycles. The van der Waals surface area contributed by atoms with Gasteiger partial charge in [0.2, 0.25) is 0 Å². The zero-order chi connectivity index (χ0) is 17.3. The van der Waals surface area contributed by atoms with Crippen molar-refractivity contribution in [3.63, 3.8) is 0 Å². The molecule has 5 nitrogen and oxygen atoms in total. The van der Waals surface area contributed by atoms with E-state index in [1.807, 2.05) is 24.1 Å². The van der Waals surface area contributed by atoms with Crippen LogP contribution in [0.3, 0.4) is 0 Å². The number of sulfonamides is 1. The molecule has 1 aliphatic heterocycles. The standard InChI is InChI=1S/C18H21N3O2S/c1-13(2)14-7-6-8-15(11-14)21(3)12-18-19-16-9-4-5-10-17(16)24(22,23)20-18/h4-11,13H,12H2,1-3H3,(H,19,20). The highest BCUT2D eigenvalue weighted by Gasteiger charge is 2.24. The summed E-state index contributed by atoms with van der Waals surface area (Å²) in [5, 5.41) is 3.12. The van der Waals surface area contributed by atoms with E-state index in [1.54, 1.807) is 24.3 Å². The molecule has 0 amide bonds. The number of rotatable bonds is 4. The SMILES string of the molecule is CC(C)c1cccc(N(C)CC2=NS(=O)(=O)c3ccccc3N2)c1. The van der Waals surface area contributed by atoms with Gasteiger partial charge in [-0.25, -0.2) is 0 Å². The highest BCUT2D eigenvalue weighted by atomic mass is 32.2. The lowest BCUT2D eigenvalue weighted by atomic mass is 10.0. The monoisotopic (exact) mass is 343 g/mol. The first-order chi connectivity index (χ1) is 11.4. The third-order valence-corrected chi connectivity index (χ3v) is 5.41. The first kappa shape index (κ1) is 16.5. The molecule has 0 fully saturated rings. The summed E-state index contributed by atoms with van der Waals surface area (Å²) in [6.45, 7) is 4.68. The smallest absolute Gasteiger partial charge is 0.286 e. The van der Waals surface area contributed by atoms with Gasteiger partial charge in [0.25, 0.3) is 10.0 Å². The molecule has 0 saturated carbocycles. The minimum Gasteiger partial charge on any atom is -0.367 e. The van der Waals surface area contributed by atoms with Crippen molar-refractivity contribution in [2.45, 2.75) is 24.7 Å². The van der Waals surface area contributed by atoms with Crippen LogP contribution in [0.5, 0.6) is 0 Å². The fraction of sp³-hybridized carbons (Fsp3) is 0.278. The van der Waals surface area contributed by atoms with Crippen molar-refractivity contribution in [3.05, 3.63) is 54.1 Å². The van der Waals surface area contributed by atoms with Crippen LogP contribution in [0.4, 0.5) is 11.4 Å². The van der Waals surface area contributed by atoms with Crippen molar-refractivity contribution in [1.82, 2.24) is 0 Å². The van der Waals surface area contributed by atoms with Crippen LogP contribution in [-0.4, -0.2) is 27.8 Å². The quantitative estimate of drug-likeness (QED) is 0.923. The molecule has 2 aromatic carbocycles. The number of hydrogen-bond donors (Lipinski definition) is 1. The van der Waals surface area contributed by atoms with Gasteiger partial charge in [0.15, 0.2) is 0 Å².